The maximum Gasteiger partial charge on any atom is 0.128 e. The molecule has 4 aromatic rings. The van der Waals surface area contributed by atoms with Crippen LogP contribution in [-0.4, -0.2) is 46.8 Å². The highest BCUT2D eigenvalue weighted by Gasteiger charge is 2.28. The molecule has 0 spiro atoms. The van der Waals surface area contributed by atoms with Crippen molar-refractivity contribution in [2.45, 2.75) is 37.8 Å². The highest BCUT2D eigenvalue weighted by atomic mass is 32.1. The van der Waals surface area contributed by atoms with Crippen LogP contribution in [0.4, 0.5) is 4.39 Å². The second-order valence-corrected chi connectivity index (χ2v) is 9.67. The summed E-state index contributed by atoms with van der Waals surface area (Å²) in [7, 11) is 0. The summed E-state index contributed by atoms with van der Waals surface area (Å²) in [4.78, 5) is 6.88. The van der Waals surface area contributed by atoms with Gasteiger partial charge >= 0.3 is 0 Å². The molecule has 2 N–H and O–H groups in total. The van der Waals surface area contributed by atoms with E-state index in [0.717, 1.165) is 46.1 Å². The number of β-amino-alcohol motifs (C(OH)–C–C–N with tert-alkyl or cyclic N) is 1. The van der Waals surface area contributed by atoms with E-state index in [1.54, 1.807) is 17.4 Å². The Morgan fingerprint density at radius 1 is 1.26 bits per heavy atom. The molecule has 0 saturated carbocycles. The minimum absolute atomic E-state index is 0.173. The number of aliphatic hydroxyl groups excluding tert-OH is 1. The van der Waals surface area contributed by atoms with Gasteiger partial charge in [-0.1, -0.05) is 12.1 Å². The molecule has 2 aromatic carbocycles. The maximum atomic E-state index is 13.5. The van der Waals surface area contributed by atoms with Crippen LogP contribution in [0.3, 0.4) is 0 Å². The minimum Gasteiger partial charge on any atom is -0.490 e. The standard InChI is InChI=1S/C25H27FN2O2S/c1-16-11-18(24-12-17-5-6-19(26)13-25(17)31-24)8-10-28(16)14-20(29)15-30-23-4-2-3-22-21(23)7-9-27-22/h2-7,9,12-13,16,18,20,27,29H,8,10-11,14-15H2,1H3/t16-,18-,20+/m1/s1. The number of aromatic nitrogens is 1. The molecular weight excluding hydrogens is 411 g/mol. The predicted octanol–water partition coefficient (Wildman–Crippen LogP) is 5.53. The lowest BCUT2D eigenvalue weighted by atomic mass is 9.90. The lowest BCUT2D eigenvalue weighted by Crippen LogP contribution is -2.45. The Morgan fingerprint density at radius 2 is 2.16 bits per heavy atom. The molecule has 0 radical (unpaired) electrons. The Morgan fingerprint density at radius 3 is 3.03 bits per heavy atom. The van der Waals surface area contributed by atoms with E-state index in [1.165, 1.54) is 10.9 Å². The van der Waals surface area contributed by atoms with E-state index >= 15 is 0 Å². The molecule has 1 aliphatic rings. The van der Waals surface area contributed by atoms with Crippen molar-refractivity contribution in [2.24, 2.45) is 0 Å². The number of aromatic amines is 1. The lowest BCUT2D eigenvalue weighted by molar-refractivity contribution is 0.0408. The van der Waals surface area contributed by atoms with Crippen molar-refractivity contribution in [3.05, 3.63) is 65.4 Å². The average molecular weight is 439 g/mol. The minimum atomic E-state index is -0.541. The van der Waals surface area contributed by atoms with Crippen molar-refractivity contribution in [1.82, 2.24) is 9.88 Å². The second kappa shape index (κ2) is 8.61. The van der Waals surface area contributed by atoms with Gasteiger partial charge in [0.2, 0.25) is 0 Å². The summed E-state index contributed by atoms with van der Waals surface area (Å²) in [5, 5.41) is 12.8. The molecule has 6 heteroatoms. The smallest absolute Gasteiger partial charge is 0.128 e. The molecule has 1 saturated heterocycles. The highest BCUT2D eigenvalue weighted by molar-refractivity contribution is 7.19. The molecule has 3 heterocycles. The fourth-order valence-corrected chi connectivity index (χ4v) is 5.91. The maximum absolute atomic E-state index is 13.5. The van der Waals surface area contributed by atoms with E-state index in [1.807, 2.05) is 36.5 Å². The van der Waals surface area contributed by atoms with Gasteiger partial charge in [-0.2, -0.15) is 0 Å². The number of halogens is 1. The number of H-pyrrole nitrogens is 1. The second-order valence-electron chi connectivity index (χ2n) is 8.56. The van der Waals surface area contributed by atoms with Gasteiger partial charge in [0.15, 0.2) is 0 Å². The number of thiophene rings is 1. The van der Waals surface area contributed by atoms with E-state index in [9.17, 15) is 9.50 Å². The normalized spacial score (nSPS) is 21.0. The number of rotatable bonds is 6. The van der Waals surface area contributed by atoms with Crippen LogP contribution in [-0.2, 0) is 0 Å². The van der Waals surface area contributed by atoms with Crippen molar-refractivity contribution < 1.29 is 14.2 Å². The zero-order chi connectivity index (χ0) is 21.4. The first-order valence-electron chi connectivity index (χ1n) is 10.9. The van der Waals surface area contributed by atoms with Gasteiger partial charge in [-0.25, -0.2) is 4.39 Å². The van der Waals surface area contributed by atoms with Crippen LogP contribution in [0.1, 0.15) is 30.6 Å². The van der Waals surface area contributed by atoms with Gasteiger partial charge in [-0.3, -0.25) is 4.90 Å². The number of ether oxygens (including phenoxy) is 1. The largest absolute Gasteiger partial charge is 0.490 e. The van der Waals surface area contributed by atoms with Crippen LogP contribution < -0.4 is 4.74 Å². The van der Waals surface area contributed by atoms with Crippen LogP contribution in [0.5, 0.6) is 5.75 Å². The monoisotopic (exact) mass is 438 g/mol. The van der Waals surface area contributed by atoms with Gasteiger partial charge < -0.3 is 14.8 Å². The fraction of sp³-hybridized carbons (Fsp3) is 0.360. The van der Waals surface area contributed by atoms with E-state index in [-0.39, 0.29) is 12.4 Å². The molecule has 4 nitrogen and oxygen atoms in total. The first-order valence-corrected chi connectivity index (χ1v) is 11.7. The van der Waals surface area contributed by atoms with Crippen LogP contribution in [0.25, 0.3) is 21.0 Å². The molecule has 0 bridgehead atoms. The van der Waals surface area contributed by atoms with Crippen LogP contribution in [0, 0.1) is 5.82 Å². The van der Waals surface area contributed by atoms with Crippen molar-refractivity contribution in [3.63, 3.8) is 0 Å². The first-order chi connectivity index (χ1) is 15.1. The Bertz CT molecular complexity index is 1190. The summed E-state index contributed by atoms with van der Waals surface area (Å²) in [6.45, 7) is 4.06. The molecule has 0 unspecified atom stereocenters. The Kier molecular flexibility index (Phi) is 5.69. The van der Waals surface area contributed by atoms with Crippen molar-refractivity contribution in [3.8, 4) is 5.75 Å². The van der Waals surface area contributed by atoms with Gasteiger partial charge in [0.05, 0.1) is 0 Å². The molecule has 5 rings (SSSR count). The third kappa shape index (κ3) is 4.33. The number of likely N-dealkylation sites (tertiary alicyclic amines) is 1. The predicted molar refractivity (Wildman–Crippen MR) is 125 cm³/mol. The molecule has 31 heavy (non-hydrogen) atoms. The van der Waals surface area contributed by atoms with Crippen LogP contribution in [0.15, 0.2) is 54.7 Å². The molecule has 2 aromatic heterocycles. The van der Waals surface area contributed by atoms with E-state index in [0.29, 0.717) is 18.5 Å². The quantitative estimate of drug-likeness (QED) is 0.416. The summed E-state index contributed by atoms with van der Waals surface area (Å²) < 4.78 is 20.5. The van der Waals surface area contributed by atoms with E-state index < -0.39 is 6.10 Å². The number of aliphatic hydroxyl groups is 1. The third-order valence-electron chi connectivity index (χ3n) is 6.35. The molecule has 0 amide bonds. The first kappa shape index (κ1) is 20.5. The number of fused-ring (bicyclic) bond motifs is 2. The number of hydrogen-bond acceptors (Lipinski definition) is 4. The van der Waals surface area contributed by atoms with Crippen LogP contribution in [0.2, 0.25) is 0 Å². The SMILES string of the molecule is C[C@@H]1C[C@H](c2cc3ccc(F)cc3s2)CCN1C[C@H](O)COc1cccc2[nH]ccc12. The molecule has 1 aliphatic heterocycles. The Hall–Kier alpha value is -2.41. The molecular formula is C25H27FN2O2S. The number of nitrogens with zero attached hydrogens (tertiary/aromatic N) is 1. The summed E-state index contributed by atoms with van der Waals surface area (Å²) in [5.41, 5.74) is 1.03. The summed E-state index contributed by atoms with van der Waals surface area (Å²) >= 11 is 1.71. The number of benzene rings is 2. The zero-order valence-corrected chi connectivity index (χ0v) is 18.4. The number of nitrogens with one attached hydrogen (secondary N) is 1. The van der Waals surface area contributed by atoms with Crippen LogP contribution >= 0.6 is 11.3 Å². The fourth-order valence-electron chi connectivity index (χ4n) is 4.67. The number of hydrogen-bond donors (Lipinski definition) is 2. The summed E-state index contributed by atoms with van der Waals surface area (Å²) in [6, 6.07) is 15.5. The topological polar surface area (TPSA) is 48.5 Å². The van der Waals surface area contributed by atoms with Gasteiger partial charge in [-0.05, 0) is 74.0 Å². The zero-order valence-electron chi connectivity index (χ0n) is 17.6. The third-order valence-corrected chi connectivity index (χ3v) is 7.61. The van der Waals surface area contributed by atoms with Crippen molar-refractivity contribution in [1.29, 1.82) is 0 Å². The lowest BCUT2D eigenvalue weighted by Gasteiger charge is -2.38. The Labute approximate surface area is 185 Å². The molecule has 162 valence electrons. The van der Waals surface area contributed by atoms with Gasteiger partial charge in [-0.15, -0.1) is 11.3 Å². The molecule has 0 aliphatic carbocycles. The molecule has 1 fully saturated rings. The van der Waals surface area contributed by atoms with Gasteiger partial charge in [0, 0.05) is 39.3 Å². The molecule has 3 atom stereocenters. The average Bonchev–Trinajstić information content (AvgIpc) is 3.40. The summed E-state index contributed by atoms with van der Waals surface area (Å²) in [5.74, 6) is 1.12. The number of piperidine rings is 1. The summed E-state index contributed by atoms with van der Waals surface area (Å²) in [6.07, 6.45) is 3.45. The van der Waals surface area contributed by atoms with Crippen molar-refractivity contribution in [2.75, 3.05) is 19.7 Å². The highest BCUT2D eigenvalue weighted by Crippen LogP contribution is 2.38. The van der Waals surface area contributed by atoms with E-state index in [4.69, 9.17) is 4.74 Å². The van der Waals surface area contributed by atoms with Gasteiger partial charge in [0.25, 0.3) is 0 Å². The van der Waals surface area contributed by atoms with Gasteiger partial charge in [0.1, 0.15) is 24.3 Å². The van der Waals surface area contributed by atoms with Crippen molar-refractivity contribution >= 4 is 32.3 Å². The van der Waals surface area contributed by atoms with E-state index in [2.05, 4.69) is 22.9 Å². The Balaban J connectivity index is 1.17.